The highest BCUT2D eigenvalue weighted by Crippen LogP contribution is 2.26. The van der Waals surface area contributed by atoms with Gasteiger partial charge in [-0.1, -0.05) is 29.8 Å². The van der Waals surface area contributed by atoms with Crippen molar-refractivity contribution in [2.24, 2.45) is 0 Å². The average molecular weight is 393 g/mol. The van der Waals surface area contributed by atoms with Gasteiger partial charge in [-0.3, -0.25) is 4.79 Å². The van der Waals surface area contributed by atoms with Gasteiger partial charge < -0.3 is 14.5 Å². The van der Waals surface area contributed by atoms with Crippen LogP contribution >= 0.6 is 11.6 Å². The third-order valence-corrected chi connectivity index (χ3v) is 4.42. The van der Waals surface area contributed by atoms with E-state index in [-0.39, 0.29) is 5.91 Å². The monoisotopic (exact) mass is 392 g/mol. The summed E-state index contributed by atoms with van der Waals surface area (Å²) in [4.78, 5) is 17.0. The molecule has 0 aliphatic heterocycles. The maximum atomic E-state index is 12.5. The van der Waals surface area contributed by atoms with Gasteiger partial charge >= 0.3 is 0 Å². The van der Waals surface area contributed by atoms with Gasteiger partial charge in [0.15, 0.2) is 11.7 Å². The predicted molar refractivity (Wildman–Crippen MR) is 110 cm³/mol. The van der Waals surface area contributed by atoms with E-state index in [0.29, 0.717) is 22.4 Å². The molecule has 1 amide bonds. The molecule has 1 aromatic heterocycles. The predicted octanol–water partition coefficient (Wildman–Crippen LogP) is 5.55. The van der Waals surface area contributed by atoms with Crippen LogP contribution in [-0.2, 0) is 4.79 Å². The highest BCUT2D eigenvalue weighted by Gasteiger charge is 2.16. The number of nitrogens with one attached hydrogen (secondary N) is 1. The number of halogens is 1. The van der Waals surface area contributed by atoms with Gasteiger partial charge in [0.25, 0.3) is 5.91 Å². The largest absolute Gasteiger partial charge is 0.481 e. The minimum atomic E-state index is -0.672. The molecule has 4 aromatic rings. The number of benzene rings is 3. The molecule has 0 saturated carbocycles. The van der Waals surface area contributed by atoms with E-state index in [9.17, 15) is 4.79 Å². The van der Waals surface area contributed by atoms with Gasteiger partial charge in [-0.05, 0) is 61.5 Å². The van der Waals surface area contributed by atoms with Crippen molar-refractivity contribution in [3.63, 3.8) is 0 Å². The van der Waals surface area contributed by atoms with Gasteiger partial charge in [-0.25, -0.2) is 4.98 Å². The topological polar surface area (TPSA) is 64.4 Å². The van der Waals surface area contributed by atoms with Crippen molar-refractivity contribution in [1.82, 2.24) is 4.98 Å². The number of hydrogen-bond donors (Lipinski definition) is 1. The molecule has 1 N–H and O–H groups in total. The Morgan fingerprint density at radius 2 is 1.86 bits per heavy atom. The lowest BCUT2D eigenvalue weighted by Crippen LogP contribution is -2.30. The molecule has 3 aromatic carbocycles. The smallest absolute Gasteiger partial charge is 0.265 e. The average Bonchev–Trinajstić information content (AvgIpc) is 3.14. The number of anilines is 1. The van der Waals surface area contributed by atoms with E-state index < -0.39 is 6.10 Å². The Morgan fingerprint density at radius 3 is 2.64 bits per heavy atom. The van der Waals surface area contributed by atoms with Gasteiger partial charge in [-0.15, -0.1) is 0 Å². The van der Waals surface area contributed by atoms with E-state index in [2.05, 4.69) is 10.3 Å². The maximum absolute atomic E-state index is 12.5. The third kappa shape index (κ3) is 4.00. The Morgan fingerprint density at radius 1 is 1.07 bits per heavy atom. The molecule has 1 heterocycles. The molecule has 6 heteroatoms. The number of amides is 1. The molecule has 28 heavy (non-hydrogen) atoms. The first-order valence-corrected chi connectivity index (χ1v) is 9.15. The lowest BCUT2D eigenvalue weighted by atomic mass is 10.2. The fourth-order valence-electron chi connectivity index (χ4n) is 2.74. The summed E-state index contributed by atoms with van der Waals surface area (Å²) in [5.74, 6) is 0.819. The second-order valence-corrected chi connectivity index (χ2v) is 6.71. The third-order valence-electron chi connectivity index (χ3n) is 4.17. The summed E-state index contributed by atoms with van der Waals surface area (Å²) in [5, 5.41) is 3.47. The minimum absolute atomic E-state index is 0.260. The molecule has 140 valence electrons. The number of aromatic nitrogens is 1. The normalized spacial score (nSPS) is 11.9. The van der Waals surface area contributed by atoms with Crippen LogP contribution in [0, 0.1) is 0 Å². The Balaban J connectivity index is 1.48. The van der Waals surface area contributed by atoms with E-state index in [1.54, 1.807) is 37.3 Å². The number of hydrogen-bond acceptors (Lipinski definition) is 4. The van der Waals surface area contributed by atoms with Crippen LogP contribution in [0.2, 0.25) is 5.02 Å². The second-order valence-electron chi connectivity index (χ2n) is 6.27. The molecule has 1 unspecified atom stereocenters. The summed E-state index contributed by atoms with van der Waals surface area (Å²) in [6.45, 7) is 1.69. The summed E-state index contributed by atoms with van der Waals surface area (Å²) >= 11 is 5.86. The summed E-state index contributed by atoms with van der Waals surface area (Å²) in [5.41, 5.74) is 2.92. The first-order valence-electron chi connectivity index (χ1n) is 8.77. The lowest BCUT2D eigenvalue weighted by molar-refractivity contribution is -0.122. The van der Waals surface area contributed by atoms with E-state index in [1.807, 2.05) is 42.5 Å². The Kier molecular flexibility index (Phi) is 5.00. The van der Waals surface area contributed by atoms with Crippen molar-refractivity contribution in [3.8, 4) is 17.2 Å². The number of rotatable bonds is 5. The zero-order valence-electron chi connectivity index (χ0n) is 15.1. The number of ether oxygens (including phenoxy) is 1. The highest BCUT2D eigenvalue weighted by molar-refractivity contribution is 6.30. The van der Waals surface area contributed by atoms with Crippen molar-refractivity contribution in [2.45, 2.75) is 13.0 Å². The van der Waals surface area contributed by atoms with Crippen LogP contribution in [0.25, 0.3) is 22.6 Å². The first kappa shape index (κ1) is 18.1. The van der Waals surface area contributed by atoms with Gasteiger partial charge in [0.05, 0.1) is 0 Å². The maximum Gasteiger partial charge on any atom is 0.265 e. The molecule has 0 aliphatic rings. The van der Waals surface area contributed by atoms with Gasteiger partial charge in [0.1, 0.15) is 11.3 Å². The molecular weight excluding hydrogens is 376 g/mol. The molecule has 0 spiro atoms. The lowest BCUT2D eigenvalue weighted by Gasteiger charge is -2.15. The van der Waals surface area contributed by atoms with E-state index >= 15 is 0 Å². The number of carbonyl (C=O) groups excluding carboxylic acids is 1. The molecule has 0 radical (unpaired) electrons. The number of nitrogens with zero attached hydrogens (tertiary/aromatic N) is 1. The molecule has 0 saturated heterocycles. The van der Waals surface area contributed by atoms with E-state index in [1.165, 1.54) is 0 Å². The first-order chi connectivity index (χ1) is 13.6. The highest BCUT2D eigenvalue weighted by atomic mass is 35.5. The van der Waals surface area contributed by atoms with Crippen LogP contribution < -0.4 is 10.1 Å². The van der Waals surface area contributed by atoms with Crippen LogP contribution in [0.15, 0.2) is 77.2 Å². The van der Waals surface area contributed by atoms with Crippen molar-refractivity contribution in [3.05, 3.63) is 77.8 Å². The Bertz CT molecular complexity index is 1090. The molecule has 4 rings (SSSR count). The summed E-state index contributed by atoms with van der Waals surface area (Å²) < 4.78 is 11.4. The van der Waals surface area contributed by atoms with Crippen LogP contribution in [-0.4, -0.2) is 17.0 Å². The minimum Gasteiger partial charge on any atom is -0.481 e. The van der Waals surface area contributed by atoms with E-state index in [0.717, 1.165) is 16.7 Å². The quantitative estimate of drug-likeness (QED) is 0.483. The Labute approximate surface area is 166 Å². The fourth-order valence-corrected chi connectivity index (χ4v) is 2.87. The Hall–Kier alpha value is -3.31. The number of carbonyl (C=O) groups is 1. The molecule has 1 atom stereocenters. The second kappa shape index (κ2) is 7.74. The van der Waals surface area contributed by atoms with Gasteiger partial charge in [-0.2, -0.15) is 0 Å². The summed E-state index contributed by atoms with van der Waals surface area (Å²) in [7, 11) is 0. The molecule has 0 aliphatic carbocycles. The molecular formula is C22H17ClN2O3. The standard InChI is InChI=1S/C22H17ClN2O3/c1-14(27-18-11-9-16(23)10-12-18)21(26)24-17-6-4-5-15(13-17)22-25-19-7-2-3-8-20(19)28-22/h2-14H,1H3,(H,24,26). The van der Waals surface area contributed by atoms with Gasteiger partial charge in [0, 0.05) is 16.3 Å². The number of oxazole rings is 1. The van der Waals surface area contributed by atoms with Crippen molar-refractivity contribution >= 4 is 34.3 Å². The number of para-hydroxylation sites is 2. The van der Waals surface area contributed by atoms with Gasteiger partial charge in [0.2, 0.25) is 5.89 Å². The SMILES string of the molecule is CC(Oc1ccc(Cl)cc1)C(=O)Nc1cccc(-c2nc3ccccc3o2)c1. The van der Waals surface area contributed by atoms with Crippen molar-refractivity contribution in [2.75, 3.05) is 5.32 Å². The molecule has 0 fully saturated rings. The summed E-state index contributed by atoms with van der Waals surface area (Å²) in [6, 6.07) is 21.8. The van der Waals surface area contributed by atoms with Crippen LogP contribution in [0.4, 0.5) is 5.69 Å². The van der Waals surface area contributed by atoms with Crippen molar-refractivity contribution in [1.29, 1.82) is 0 Å². The van der Waals surface area contributed by atoms with Crippen LogP contribution in [0.1, 0.15) is 6.92 Å². The molecule has 5 nitrogen and oxygen atoms in total. The number of fused-ring (bicyclic) bond motifs is 1. The van der Waals surface area contributed by atoms with Crippen LogP contribution in [0.3, 0.4) is 0 Å². The van der Waals surface area contributed by atoms with Crippen molar-refractivity contribution < 1.29 is 13.9 Å². The summed E-state index contributed by atoms with van der Waals surface area (Å²) in [6.07, 6.45) is -0.672. The van der Waals surface area contributed by atoms with E-state index in [4.69, 9.17) is 20.8 Å². The zero-order chi connectivity index (χ0) is 19.5. The fraction of sp³-hybridized carbons (Fsp3) is 0.0909. The molecule has 0 bridgehead atoms. The zero-order valence-corrected chi connectivity index (χ0v) is 15.8. The van der Waals surface area contributed by atoms with Crippen LogP contribution in [0.5, 0.6) is 5.75 Å².